The molecule has 0 fully saturated rings. The van der Waals surface area contributed by atoms with Gasteiger partial charge in [0, 0.05) is 6.54 Å². The fraction of sp³-hybridized carbons (Fsp3) is 0.115. The van der Waals surface area contributed by atoms with Gasteiger partial charge in [0.2, 0.25) is 11.9 Å². The molecule has 42 heavy (non-hydrogen) atoms. The van der Waals surface area contributed by atoms with E-state index in [0.29, 0.717) is 17.0 Å². The van der Waals surface area contributed by atoms with Gasteiger partial charge in [-0.05, 0) is 41.5 Å². The lowest BCUT2D eigenvalue weighted by Crippen LogP contribution is -2.38. The smallest absolute Gasteiger partial charge is 0.335 e. The lowest BCUT2D eigenvalue weighted by molar-refractivity contribution is -0.120. The highest BCUT2D eigenvalue weighted by Crippen LogP contribution is 2.28. The number of anilines is 3. The van der Waals surface area contributed by atoms with E-state index in [2.05, 4.69) is 25.9 Å². The number of carbonyl (C=O) groups excluding carboxylic acids is 4. The summed E-state index contributed by atoms with van der Waals surface area (Å²) >= 11 is 0. The van der Waals surface area contributed by atoms with E-state index in [-0.39, 0.29) is 59.0 Å². The van der Waals surface area contributed by atoms with E-state index in [1.54, 1.807) is 18.2 Å². The Morgan fingerprint density at radius 1 is 1.05 bits per heavy atom. The van der Waals surface area contributed by atoms with E-state index >= 15 is 0 Å². The van der Waals surface area contributed by atoms with Crippen LogP contribution >= 0.6 is 0 Å². The Kier molecular flexibility index (Phi) is 7.01. The zero-order valence-electron chi connectivity index (χ0n) is 21.6. The molecule has 0 bridgehead atoms. The van der Waals surface area contributed by atoms with Gasteiger partial charge in [-0.25, -0.2) is 9.78 Å². The molecule has 16 nitrogen and oxygen atoms in total. The van der Waals surface area contributed by atoms with Gasteiger partial charge in [-0.3, -0.25) is 23.6 Å². The first-order valence-electron chi connectivity index (χ1n) is 12.2. The van der Waals surface area contributed by atoms with Gasteiger partial charge in [-0.15, -0.1) is 0 Å². The second-order valence-corrected chi connectivity index (χ2v) is 9.13. The van der Waals surface area contributed by atoms with E-state index in [1.165, 1.54) is 28.7 Å². The Morgan fingerprint density at radius 3 is 2.48 bits per heavy atom. The maximum absolute atomic E-state index is 13.3. The molecule has 1 aliphatic rings. The molecule has 10 N–H and O–H groups in total. The van der Waals surface area contributed by atoms with Gasteiger partial charge >= 0.3 is 5.97 Å². The van der Waals surface area contributed by atoms with Crippen molar-refractivity contribution in [1.82, 2.24) is 25.0 Å². The maximum atomic E-state index is 13.3. The number of aromatic carboxylic acids is 1. The molecule has 0 aliphatic carbocycles. The zero-order chi connectivity index (χ0) is 30.1. The number of nitrogens with one attached hydrogen (secondary N) is 3. The first-order valence-corrected chi connectivity index (χ1v) is 12.2. The van der Waals surface area contributed by atoms with Crippen LogP contribution in [0.5, 0.6) is 5.75 Å². The number of carbonyl (C=O) groups is 5. The summed E-state index contributed by atoms with van der Waals surface area (Å²) in [5, 5.41) is 16.9. The molecule has 4 amide bonds. The molecule has 0 saturated heterocycles. The molecule has 214 valence electrons. The van der Waals surface area contributed by atoms with Crippen molar-refractivity contribution < 1.29 is 33.8 Å². The molecule has 0 unspecified atom stereocenters. The van der Waals surface area contributed by atoms with Crippen molar-refractivity contribution in [1.29, 1.82) is 0 Å². The van der Waals surface area contributed by atoms with Crippen molar-refractivity contribution in [3.63, 3.8) is 0 Å². The number of fused-ring (bicyclic) bond motifs is 2. The maximum Gasteiger partial charge on any atom is 0.335 e. The standard InChI is InChI=1S/C26H23N9O7/c27-20-22-32-15(23(38)33-19(21(28)37)12-2-4-13(5-3-12)25(40)41)8-16(35(22)26(29)34-20)24(39)30-9-11-1-6-17-14(7-11)31-18(36)10-42-17/h1-8,19H,9-10,27H2,(H2,28,37)(H2,29,34)(H,30,39)(H,31,36)(H,33,38)(H,40,41)/t19-/m1/s1. The fourth-order valence-electron chi connectivity index (χ4n) is 4.27. The van der Waals surface area contributed by atoms with Crippen LogP contribution in [0.4, 0.5) is 17.5 Å². The third-order valence-corrected chi connectivity index (χ3v) is 6.29. The average Bonchev–Trinajstić information content (AvgIpc) is 3.26. The molecular formula is C26H23N9O7. The first kappa shape index (κ1) is 27.4. The number of carboxylic acid groups (broad SMARTS) is 1. The summed E-state index contributed by atoms with van der Waals surface area (Å²) in [5.74, 6) is -3.79. The number of hydrogen-bond donors (Lipinski definition) is 7. The minimum absolute atomic E-state index is 0.0213. The Morgan fingerprint density at radius 2 is 1.79 bits per heavy atom. The number of nitrogens with zero attached hydrogens (tertiary/aromatic N) is 3. The summed E-state index contributed by atoms with van der Waals surface area (Å²) < 4.78 is 6.50. The highest BCUT2D eigenvalue weighted by atomic mass is 16.5. The Hall–Kier alpha value is -6.19. The van der Waals surface area contributed by atoms with Gasteiger partial charge in [-0.2, -0.15) is 4.98 Å². The van der Waals surface area contributed by atoms with Crippen LogP contribution in [0.2, 0.25) is 0 Å². The number of ether oxygens (including phenoxy) is 1. The average molecular weight is 574 g/mol. The number of imidazole rings is 1. The third kappa shape index (κ3) is 5.31. The molecular weight excluding hydrogens is 550 g/mol. The number of hydrogen-bond acceptors (Lipinski definition) is 10. The Labute approximate surface area is 235 Å². The molecule has 2 aromatic heterocycles. The SMILES string of the molecule is NC(=O)[C@H](NC(=O)c1cc(C(=O)NCc2ccc3c(c2)NC(=O)CO3)n2c(N)nc(N)c2n1)c1ccc(C(=O)O)cc1. The lowest BCUT2D eigenvalue weighted by atomic mass is 10.0. The summed E-state index contributed by atoms with van der Waals surface area (Å²) in [6.45, 7) is -0.0722. The van der Waals surface area contributed by atoms with E-state index in [0.717, 1.165) is 6.07 Å². The van der Waals surface area contributed by atoms with E-state index in [4.69, 9.17) is 27.0 Å². The summed E-state index contributed by atoms with van der Waals surface area (Å²) in [4.78, 5) is 69.6. The molecule has 5 rings (SSSR count). The Balaban J connectivity index is 1.42. The van der Waals surface area contributed by atoms with Crippen molar-refractivity contribution >= 4 is 52.7 Å². The number of rotatable bonds is 8. The van der Waals surface area contributed by atoms with Gasteiger partial charge in [0.05, 0.1) is 11.3 Å². The predicted molar refractivity (Wildman–Crippen MR) is 146 cm³/mol. The normalized spacial score (nSPS) is 12.9. The van der Waals surface area contributed by atoms with Crippen LogP contribution in [0.3, 0.4) is 0 Å². The highest BCUT2D eigenvalue weighted by Gasteiger charge is 2.26. The highest BCUT2D eigenvalue weighted by molar-refractivity contribution is 6.01. The topological polar surface area (TPSA) is 259 Å². The minimum Gasteiger partial charge on any atom is -0.482 e. The van der Waals surface area contributed by atoms with Gasteiger partial charge < -0.3 is 43.0 Å². The van der Waals surface area contributed by atoms with Crippen LogP contribution in [0, 0.1) is 0 Å². The van der Waals surface area contributed by atoms with E-state index in [1.807, 2.05) is 0 Å². The number of amides is 4. The molecule has 1 atom stereocenters. The van der Waals surface area contributed by atoms with Crippen molar-refractivity contribution in [2.75, 3.05) is 23.4 Å². The van der Waals surface area contributed by atoms with Gasteiger partial charge in [0.25, 0.3) is 17.7 Å². The van der Waals surface area contributed by atoms with Crippen molar-refractivity contribution in [2.45, 2.75) is 12.6 Å². The molecule has 3 heterocycles. The minimum atomic E-state index is -1.35. The number of primary amides is 1. The van der Waals surface area contributed by atoms with Crippen LogP contribution in [-0.2, 0) is 16.1 Å². The van der Waals surface area contributed by atoms with Gasteiger partial charge in [0.15, 0.2) is 18.1 Å². The van der Waals surface area contributed by atoms with Gasteiger partial charge in [0.1, 0.15) is 23.2 Å². The first-order chi connectivity index (χ1) is 20.0. The second kappa shape index (κ2) is 10.8. The fourth-order valence-corrected chi connectivity index (χ4v) is 4.27. The molecule has 0 saturated carbocycles. The van der Waals surface area contributed by atoms with Crippen molar-refractivity contribution in [3.8, 4) is 5.75 Å². The molecule has 0 radical (unpaired) electrons. The largest absolute Gasteiger partial charge is 0.482 e. The van der Waals surface area contributed by atoms with Crippen LogP contribution < -0.4 is 37.9 Å². The summed E-state index contributed by atoms with van der Waals surface area (Å²) in [7, 11) is 0. The second-order valence-electron chi connectivity index (χ2n) is 9.13. The van der Waals surface area contributed by atoms with E-state index in [9.17, 15) is 24.0 Å². The van der Waals surface area contributed by atoms with Crippen LogP contribution in [0.1, 0.15) is 48.5 Å². The number of aromatic nitrogens is 3. The Bertz CT molecular complexity index is 1780. The van der Waals surface area contributed by atoms with Crippen molar-refractivity contribution in [2.24, 2.45) is 5.73 Å². The molecule has 16 heteroatoms. The zero-order valence-corrected chi connectivity index (χ0v) is 21.6. The molecule has 1 aliphatic heterocycles. The van der Waals surface area contributed by atoms with Gasteiger partial charge in [-0.1, -0.05) is 18.2 Å². The number of carboxylic acids is 1. The summed E-state index contributed by atoms with van der Waals surface area (Å²) in [6, 6.07) is 9.97. The monoisotopic (exact) mass is 573 g/mol. The number of nitrogens with two attached hydrogens (primary N) is 3. The predicted octanol–water partition coefficient (Wildman–Crippen LogP) is -0.191. The number of nitrogen functional groups attached to an aromatic ring is 2. The number of benzene rings is 2. The molecule has 2 aromatic carbocycles. The lowest BCUT2D eigenvalue weighted by Gasteiger charge is -2.18. The van der Waals surface area contributed by atoms with Crippen molar-refractivity contribution in [3.05, 3.63) is 76.6 Å². The quantitative estimate of drug-likeness (QED) is 0.145. The van der Waals surface area contributed by atoms with Crippen LogP contribution in [0.25, 0.3) is 5.65 Å². The van der Waals surface area contributed by atoms with E-state index < -0.39 is 29.7 Å². The molecule has 0 spiro atoms. The van der Waals surface area contributed by atoms with Crippen LogP contribution in [0.15, 0.2) is 48.5 Å². The van der Waals surface area contributed by atoms with Crippen LogP contribution in [-0.4, -0.2) is 55.7 Å². The summed E-state index contributed by atoms with van der Waals surface area (Å²) in [6.07, 6.45) is 0. The summed E-state index contributed by atoms with van der Waals surface area (Å²) in [5.41, 5.74) is 18.1. The third-order valence-electron chi connectivity index (χ3n) is 6.29. The molecule has 4 aromatic rings.